The van der Waals surface area contributed by atoms with E-state index in [2.05, 4.69) is 34.1 Å². The highest BCUT2D eigenvalue weighted by Crippen LogP contribution is 2.13. The maximum absolute atomic E-state index is 4.19. The van der Waals surface area contributed by atoms with Gasteiger partial charge in [-0.2, -0.15) is 0 Å². The number of halogens is 1. The van der Waals surface area contributed by atoms with Crippen molar-refractivity contribution < 1.29 is 0 Å². The normalized spacial score (nSPS) is 9.18. The van der Waals surface area contributed by atoms with E-state index in [1.165, 1.54) is 0 Å². The second kappa shape index (κ2) is 3.49. The zero-order valence-electron chi connectivity index (χ0n) is 6.05. The summed E-state index contributed by atoms with van der Waals surface area (Å²) in [6, 6.07) is 3.82. The topological polar surface area (TPSA) is 12.9 Å². The molecular formula is C9H8BrN. The van der Waals surface area contributed by atoms with Crippen molar-refractivity contribution >= 4 is 28.1 Å². The van der Waals surface area contributed by atoms with Gasteiger partial charge in [-0.15, -0.1) is 0 Å². The maximum Gasteiger partial charge on any atom is 0.106 e. The molecule has 0 unspecified atom stereocenters. The van der Waals surface area contributed by atoms with Crippen LogP contribution >= 0.6 is 15.9 Å². The van der Waals surface area contributed by atoms with Crippen LogP contribution in [0.15, 0.2) is 29.9 Å². The van der Waals surface area contributed by atoms with Crippen molar-refractivity contribution in [1.82, 2.24) is 4.98 Å². The van der Waals surface area contributed by atoms with Gasteiger partial charge in [0.1, 0.15) is 4.60 Å². The molecule has 56 valence electrons. The Labute approximate surface area is 74.6 Å². The minimum absolute atomic E-state index is 0.818. The summed E-state index contributed by atoms with van der Waals surface area (Å²) in [5, 5.41) is 0. The molecule has 0 aliphatic carbocycles. The first-order valence-corrected chi connectivity index (χ1v) is 3.98. The van der Waals surface area contributed by atoms with E-state index in [0.29, 0.717) is 0 Å². The van der Waals surface area contributed by atoms with Gasteiger partial charge >= 0.3 is 0 Å². The van der Waals surface area contributed by atoms with E-state index < -0.39 is 0 Å². The van der Waals surface area contributed by atoms with Crippen LogP contribution in [0.3, 0.4) is 0 Å². The fourth-order valence-corrected chi connectivity index (χ4v) is 1.12. The van der Waals surface area contributed by atoms with Crippen molar-refractivity contribution in [3.63, 3.8) is 0 Å². The van der Waals surface area contributed by atoms with Crippen molar-refractivity contribution in [2.24, 2.45) is 0 Å². The van der Waals surface area contributed by atoms with E-state index >= 15 is 0 Å². The number of pyridine rings is 1. The van der Waals surface area contributed by atoms with Gasteiger partial charge in [0.2, 0.25) is 0 Å². The molecule has 1 aromatic heterocycles. The van der Waals surface area contributed by atoms with E-state index in [4.69, 9.17) is 0 Å². The molecule has 0 saturated heterocycles. The SMILES string of the molecule is C=Cc1ccc(Br)nc1C=C. The van der Waals surface area contributed by atoms with Crippen molar-refractivity contribution in [3.8, 4) is 0 Å². The van der Waals surface area contributed by atoms with Crippen LogP contribution in [0.4, 0.5) is 0 Å². The molecule has 0 fully saturated rings. The molecule has 0 bridgehead atoms. The summed E-state index contributed by atoms with van der Waals surface area (Å²) in [6.07, 6.45) is 3.47. The third kappa shape index (κ3) is 1.77. The molecule has 1 rings (SSSR count). The molecule has 0 aliphatic rings. The molecule has 2 heteroatoms. The van der Waals surface area contributed by atoms with Crippen LogP contribution in [0.5, 0.6) is 0 Å². The van der Waals surface area contributed by atoms with Gasteiger partial charge in [0.25, 0.3) is 0 Å². The second-order valence-corrected chi connectivity index (χ2v) is 2.83. The first kappa shape index (κ1) is 8.21. The van der Waals surface area contributed by atoms with Crippen LogP contribution in [0, 0.1) is 0 Å². The zero-order valence-corrected chi connectivity index (χ0v) is 7.63. The molecule has 0 amide bonds. The first-order valence-electron chi connectivity index (χ1n) is 3.19. The number of hydrogen-bond donors (Lipinski definition) is 0. The van der Waals surface area contributed by atoms with E-state index in [0.717, 1.165) is 15.9 Å². The Morgan fingerprint density at radius 2 is 2.00 bits per heavy atom. The summed E-state index contributed by atoms with van der Waals surface area (Å²) in [5.74, 6) is 0. The van der Waals surface area contributed by atoms with Gasteiger partial charge in [0.05, 0.1) is 5.69 Å². The fourth-order valence-electron chi connectivity index (χ4n) is 0.797. The highest BCUT2D eigenvalue weighted by molar-refractivity contribution is 9.10. The molecule has 0 radical (unpaired) electrons. The minimum Gasteiger partial charge on any atom is -0.241 e. The highest BCUT2D eigenvalue weighted by Gasteiger charge is 1.96. The average Bonchev–Trinajstić information content (AvgIpc) is 2.04. The van der Waals surface area contributed by atoms with E-state index in [-0.39, 0.29) is 0 Å². The fraction of sp³-hybridized carbons (Fsp3) is 0. The lowest BCUT2D eigenvalue weighted by Crippen LogP contribution is -1.85. The molecule has 0 spiro atoms. The van der Waals surface area contributed by atoms with Gasteiger partial charge in [-0.1, -0.05) is 25.3 Å². The molecule has 0 atom stereocenters. The van der Waals surface area contributed by atoms with Crippen LogP contribution < -0.4 is 0 Å². The smallest absolute Gasteiger partial charge is 0.106 e. The monoisotopic (exact) mass is 209 g/mol. The summed E-state index contributed by atoms with van der Waals surface area (Å²) >= 11 is 3.27. The quantitative estimate of drug-likeness (QED) is 0.683. The molecule has 1 heterocycles. The van der Waals surface area contributed by atoms with Crippen LogP contribution in [0.25, 0.3) is 12.2 Å². The Kier molecular flexibility index (Phi) is 2.60. The Hall–Kier alpha value is -0.890. The minimum atomic E-state index is 0.818. The van der Waals surface area contributed by atoms with Gasteiger partial charge in [0, 0.05) is 0 Å². The number of nitrogens with zero attached hydrogens (tertiary/aromatic N) is 1. The van der Waals surface area contributed by atoms with Crippen LogP contribution in [-0.2, 0) is 0 Å². The second-order valence-electron chi connectivity index (χ2n) is 2.02. The van der Waals surface area contributed by atoms with Gasteiger partial charge in [-0.25, -0.2) is 4.98 Å². The summed E-state index contributed by atoms with van der Waals surface area (Å²) in [6.45, 7) is 7.32. The average molecular weight is 210 g/mol. The lowest BCUT2D eigenvalue weighted by molar-refractivity contribution is 1.24. The van der Waals surface area contributed by atoms with E-state index in [1.807, 2.05) is 12.1 Å². The molecule has 0 saturated carbocycles. The molecule has 0 aromatic carbocycles. The predicted octanol–water partition coefficient (Wildman–Crippen LogP) is 3.13. The molecule has 0 aliphatic heterocycles. The lowest BCUT2D eigenvalue weighted by Gasteiger charge is -1.98. The Balaban J connectivity index is 3.26. The first-order chi connectivity index (χ1) is 5.27. The Bertz CT molecular complexity index is 292. The maximum atomic E-state index is 4.19. The van der Waals surface area contributed by atoms with Crippen molar-refractivity contribution in [3.05, 3.63) is 41.2 Å². The number of aromatic nitrogens is 1. The van der Waals surface area contributed by atoms with E-state index in [9.17, 15) is 0 Å². The Morgan fingerprint density at radius 3 is 2.55 bits per heavy atom. The number of hydrogen-bond acceptors (Lipinski definition) is 1. The number of rotatable bonds is 2. The van der Waals surface area contributed by atoms with Gasteiger partial charge in [-0.3, -0.25) is 0 Å². The lowest BCUT2D eigenvalue weighted by atomic mass is 10.2. The van der Waals surface area contributed by atoms with Gasteiger partial charge in [0.15, 0.2) is 0 Å². The van der Waals surface area contributed by atoms with Gasteiger partial charge in [-0.05, 0) is 33.6 Å². The third-order valence-electron chi connectivity index (χ3n) is 1.34. The molecular weight excluding hydrogens is 202 g/mol. The van der Waals surface area contributed by atoms with Crippen molar-refractivity contribution in [2.75, 3.05) is 0 Å². The largest absolute Gasteiger partial charge is 0.241 e. The van der Waals surface area contributed by atoms with Crippen LogP contribution in [-0.4, -0.2) is 4.98 Å². The summed E-state index contributed by atoms with van der Waals surface area (Å²) in [5.41, 5.74) is 1.86. The van der Waals surface area contributed by atoms with E-state index in [1.54, 1.807) is 12.2 Å². The Morgan fingerprint density at radius 1 is 1.27 bits per heavy atom. The molecule has 0 N–H and O–H groups in total. The molecule has 1 aromatic rings. The van der Waals surface area contributed by atoms with Crippen LogP contribution in [0.1, 0.15) is 11.3 Å². The van der Waals surface area contributed by atoms with Crippen molar-refractivity contribution in [2.45, 2.75) is 0 Å². The summed E-state index contributed by atoms with van der Waals surface area (Å²) in [7, 11) is 0. The predicted molar refractivity (Wildman–Crippen MR) is 52.1 cm³/mol. The molecule has 11 heavy (non-hydrogen) atoms. The molecule has 1 nitrogen and oxygen atoms in total. The highest BCUT2D eigenvalue weighted by atomic mass is 79.9. The van der Waals surface area contributed by atoms with Gasteiger partial charge < -0.3 is 0 Å². The standard InChI is InChI=1S/C9H8BrN/c1-3-7-5-6-9(10)11-8(7)4-2/h3-6H,1-2H2. The van der Waals surface area contributed by atoms with Crippen LogP contribution in [0.2, 0.25) is 0 Å². The summed E-state index contributed by atoms with van der Waals surface area (Å²) < 4.78 is 0.818. The summed E-state index contributed by atoms with van der Waals surface area (Å²) in [4.78, 5) is 4.19. The van der Waals surface area contributed by atoms with Crippen molar-refractivity contribution in [1.29, 1.82) is 0 Å². The third-order valence-corrected chi connectivity index (χ3v) is 1.78. The zero-order chi connectivity index (χ0) is 8.27.